The molecule has 1 aromatic rings. The van der Waals surface area contributed by atoms with Crippen LogP contribution in [0, 0.1) is 5.92 Å². The Morgan fingerprint density at radius 3 is 2.72 bits per heavy atom. The molecule has 0 aliphatic rings. The molecule has 0 aromatic heterocycles. The first-order valence-electron chi connectivity index (χ1n) is 6.17. The highest BCUT2D eigenvalue weighted by atomic mass is 79.9. The van der Waals surface area contributed by atoms with E-state index in [9.17, 15) is 5.11 Å². The van der Waals surface area contributed by atoms with Gasteiger partial charge in [0.15, 0.2) is 0 Å². The normalized spacial score (nSPS) is 14.8. The summed E-state index contributed by atoms with van der Waals surface area (Å²) in [4.78, 5) is 0. The Labute approximate surface area is 123 Å². The smallest absolute Gasteiger partial charge is 0.0746 e. The van der Waals surface area contributed by atoms with Gasteiger partial charge in [-0.1, -0.05) is 41.4 Å². The van der Waals surface area contributed by atoms with Crippen LogP contribution in [0.2, 0.25) is 5.02 Å². The summed E-state index contributed by atoms with van der Waals surface area (Å²) in [6.07, 6.45) is 0.784. The molecule has 0 fully saturated rings. The fourth-order valence-corrected chi connectivity index (χ4v) is 2.69. The molecule has 0 saturated heterocycles. The van der Waals surface area contributed by atoms with Gasteiger partial charge in [0.1, 0.15) is 0 Å². The van der Waals surface area contributed by atoms with Crippen LogP contribution in [0.1, 0.15) is 32.8 Å². The lowest BCUT2D eigenvalue weighted by Gasteiger charge is -2.25. The van der Waals surface area contributed by atoms with Gasteiger partial charge >= 0.3 is 0 Å². The minimum absolute atomic E-state index is 0.483. The summed E-state index contributed by atoms with van der Waals surface area (Å²) >= 11 is 9.53. The summed E-state index contributed by atoms with van der Waals surface area (Å²) in [5.41, 5.74) is 0.360. The van der Waals surface area contributed by atoms with Crippen LogP contribution in [0.5, 0.6) is 0 Å². The Hall–Kier alpha value is -0.0900. The molecule has 1 rings (SSSR count). The van der Waals surface area contributed by atoms with Crippen molar-refractivity contribution in [1.82, 2.24) is 5.32 Å². The molecule has 102 valence electrons. The molecule has 0 heterocycles. The zero-order valence-corrected chi connectivity index (χ0v) is 13.5. The number of halogens is 2. The molecular weight excluding hydrogens is 314 g/mol. The van der Waals surface area contributed by atoms with Gasteiger partial charge in [0.2, 0.25) is 0 Å². The highest BCUT2D eigenvalue weighted by Crippen LogP contribution is 2.21. The minimum Gasteiger partial charge on any atom is -0.389 e. The zero-order valence-electron chi connectivity index (χ0n) is 11.1. The number of rotatable bonds is 6. The minimum atomic E-state index is -0.674. The molecule has 0 aliphatic heterocycles. The second-order valence-electron chi connectivity index (χ2n) is 5.43. The van der Waals surface area contributed by atoms with E-state index in [-0.39, 0.29) is 0 Å². The number of hydrogen-bond donors (Lipinski definition) is 2. The molecule has 1 aromatic carbocycles. The molecule has 2 N–H and O–H groups in total. The van der Waals surface area contributed by atoms with E-state index in [0.717, 1.165) is 21.5 Å². The molecular formula is C14H21BrClNO. The Morgan fingerprint density at radius 1 is 1.44 bits per heavy atom. The molecule has 1 unspecified atom stereocenters. The molecule has 18 heavy (non-hydrogen) atoms. The van der Waals surface area contributed by atoms with Crippen molar-refractivity contribution >= 4 is 27.5 Å². The first-order valence-corrected chi connectivity index (χ1v) is 7.34. The SMILES string of the molecule is CC(C)CC(C)(O)CNCc1cc(Br)ccc1Cl. The van der Waals surface area contributed by atoms with Crippen molar-refractivity contribution in [2.24, 2.45) is 5.92 Å². The summed E-state index contributed by atoms with van der Waals surface area (Å²) in [6.45, 7) is 7.31. The third-order valence-corrected chi connectivity index (χ3v) is 3.54. The van der Waals surface area contributed by atoms with E-state index in [4.69, 9.17) is 11.6 Å². The predicted molar refractivity (Wildman–Crippen MR) is 80.9 cm³/mol. The molecule has 0 amide bonds. The van der Waals surface area contributed by atoms with E-state index in [1.165, 1.54) is 0 Å². The lowest BCUT2D eigenvalue weighted by atomic mass is 9.94. The van der Waals surface area contributed by atoms with Crippen molar-refractivity contribution in [1.29, 1.82) is 0 Å². The maximum Gasteiger partial charge on any atom is 0.0746 e. The summed E-state index contributed by atoms with van der Waals surface area (Å²) < 4.78 is 1.01. The number of hydrogen-bond acceptors (Lipinski definition) is 2. The predicted octanol–water partition coefficient (Wildman–Crippen LogP) is 3.99. The Kier molecular flexibility index (Phi) is 6.12. The Balaban J connectivity index is 2.48. The van der Waals surface area contributed by atoms with Crippen LogP contribution in [-0.2, 0) is 6.54 Å². The quantitative estimate of drug-likeness (QED) is 0.824. The van der Waals surface area contributed by atoms with Gasteiger partial charge in [-0.15, -0.1) is 0 Å². The van der Waals surface area contributed by atoms with E-state index in [0.29, 0.717) is 19.0 Å². The van der Waals surface area contributed by atoms with Crippen molar-refractivity contribution < 1.29 is 5.11 Å². The molecule has 0 saturated carbocycles. The number of aliphatic hydroxyl groups is 1. The Morgan fingerprint density at radius 2 is 2.11 bits per heavy atom. The van der Waals surface area contributed by atoms with Crippen molar-refractivity contribution in [3.63, 3.8) is 0 Å². The van der Waals surface area contributed by atoms with Gasteiger partial charge in [-0.25, -0.2) is 0 Å². The standard InChI is InChI=1S/C14H21BrClNO/c1-10(2)7-14(3,18)9-17-8-11-6-12(15)4-5-13(11)16/h4-6,10,17-18H,7-9H2,1-3H3. The lowest BCUT2D eigenvalue weighted by Crippen LogP contribution is -2.38. The summed E-state index contributed by atoms with van der Waals surface area (Å²) in [7, 11) is 0. The van der Waals surface area contributed by atoms with E-state index in [1.807, 2.05) is 25.1 Å². The average molecular weight is 335 g/mol. The second kappa shape index (κ2) is 6.90. The Bertz CT molecular complexity index is 393. The lowest BCUT2D eigenvalue weighted by molar-refractivity contribution is 0.0383. The molecule has 0 bridgehead atoms. The van der Waals surface area contributed by atoms with Crippen LogP contribution in [0.3, 0.4) is 0 Å². The first-order chi connectivity index (χ1) is 8.30. The van der Waals surface area contributed by atoms with Gasteiger partial charge < -0.3 is 10.4 Å². The monoisotopic (exact) mass is 333 g/mol. The van der Waals surface area contributed by atoms with E-state index >= 15 is 0 Å². The van der Waals surface area contributed by atoms with Gasteiger partial charge in [0.05, 0.1) is 5.60 Å². The fourth-order valence-electron chi connectivity index (χ4n) is 2.10. The van der Waals surface area contributed by atoms with Crippen LogP contribution in [0.15, 0.2) is 22.7 Å². The van der Waals surface area contributed by atoms with Crippen LogP contribution in [0.25, 0.3) is 0 Å². The summed E-state index contributed by atoms with van der Waals surface area (Å²) in [5, 5.41) is 14.2. The van der Waals surface area contributed by atoms with Crippen molar-refractivity contribution in [3.8, 4) is 0 Å². The third-order valence-electron chi connectivity index (χ3n) is 2.68. The van der Waals surface area contributed by atoms with Crippen molar-refractivity contribution in [2.75, 3.05) is 6.54 Å². The zero-order chi connectivity index (χ0) is 13.8. The molecule has 0 spiro atoms. The highest BCUT2D eigenvalue weighted by molar-refractivity contribution is 9.10. The molecule has 0 radical (unpaired) electrons. The van der Waals surface area contributed by atoms with E-state index in [2.05, 4.69) is 35.1 Å². The molecule has 2 nitrogen and oxygen atoms in total. The molecule has 4 heteroatoms. The average Bonchev–Trinajstić information content (AvgIpc) is 2.21. The van der Waals surface area contributed by atoms with Crippen LogP contribution >= 0.6 is 27.5 Å². The van der Waals surface area contributed by atoms with Gasteiger partial charge in [-0.05, 0) is 43.0 Å². The number of benzene rings is 1. The largest absolute Gasteiger partial charge is 0.389 e. The van der Waals surface area contributed by atoms with Crippen LogP contribution in [0.4, 0.5) is 0 Å². The van der Waals surface area contributed by atoms with Crippen LogP contribution in [-0.4, -0.2) is 17.3 Å². The van der Waals surface area contributed by atoms with Crippen molar-refractivity contribution in [3.05, 3.63) is 33.3 Å². The van der Waals surface area contributed by atoms with E-state index < -0.39 is 5.60 Å². The van der Waals surface area contributed by atoms with Gasteiger partial charge in [0, 0.05) is 22.6 Å². The maximum atomic E-state index is 10.2. The van der Waals surface area contributed by atoms with Gasteiger partial charge in [0.25, 0.3) is 0 Å². The second-order valence-corrected chi connectivity index (χ2v) is 6.76. The van der Waals surface area contributed by atoms with Crippen LogP contribution < -0.4 is 5.32 Å². The van der Waals surface area contributed by atoms with Crippen molar-refractivity contribution in [2.45, 2.75) is 39.3 Å². The first kappa shape index (κ1) is 16.0. The fraction of sp³-hybridized carbons (Fsp3) is 0.571. The third kappa shape index (κ3) is 5.70. The maximum absolute atomic E-state index is 10.2. The van der Waals surface area contributed by atoms with Gasteiger partial charge in [-0.2, -0.15) is 0 Å². The molecule has 0 aliphatic carbocycles. The number of nitrogens with one attached hydrogen (secondary N) is 1. The van der Waals surface area contributed by atoms with Gasteiger partial charge in [-0.3, -0.25) is 0 Å². The summed E-state index contributed by atoms with van der Waals surface area (Å²) in [5.74, 6) is 0.483. The highest BCUT2D eigenvalue weighted by Gasteiger charge is 2.21. The molecule has 1 atom stereocenters. The topological polar surface area (TPSA) is 32.3 Å². The van der Waals surface area contributed by atoms with E-state index in [1.54, 1.807) is 0 Å². The summed E-state index contributed by atoms with van der Waals surface area (Å²) in [6, 6.07) is 5.78.